The van der Waals surface area contributed by atoms with Gasteiger partial charge in [-0.3, -0.25) is 0 Å². The van der Waals surface area contributed by atoms with Gasteiger partial charge in [0.05, 0.1) is 0 Å². The standard InChI is InChI=1S/C18H30N2/c1-14-7-8-15(2)16(11-14)17(19-5)12-20-10-6-9-18(3,4)13-20/h7-8,11,17,19H,6,9-10,12-13H2,1-5H3. The molecule has 1 aromatic rings. The van der Waals surface area contributed by atoms with Crippen LogP contribution in [0, 0.1) is 19.3 Å². The van der Waals surface area contributed by atoms with Crippen molar-refractivity contribution in [3.8, 4) is 0 Å². The number of nitrogens with zero attached hydrogens (tertiary/aromatic N) is 1. The zero-order valence-electron chi connectivity index (χ0n) is 13.8. The summed E-state index contributed by atoms with van der Waals surface area (Å²) < 4.78 is 0. The number of aryl methyl sites for hydroxylation is 2. The molecule has 2 rings (SSSR count). The second kappa shape index (κ2) is 6.28. The summed E-state index contributed by atoms with van der Waals surface area (Å²) in [5, 5.41) is 3.52. The fourth-order valence-electron chi connectivity index (χ4n) is 3.44. The van der Waals surface area contributed by atoms with Crippen LogP contribution in [0.4, 0.5) is 0 Å². The molecule has 1 fully saturated rings. The highest BCUT2D eigenvalue weighted by molar-refractivity contribution is 5.33. The van der Waals surface area contributed by atoms with Crippen LogP contribution in [0.15, 0.2) is 18.2 Å². The average Bonchev–Trinajstić information content (AvgIpc) is 2.38. The molecule has 0 bridgehead atoms. The van der Waals surface area contributed by atoms with Gasteiger partial charge in [0.25, 0.3) is 0 Å². The van der Waals surface area contributed by atoms with Crippen LogP contribution < -0.4 is 5.32 Å². The molecule has 0 aliphatic carbocycles. The Morgan fingerprint density at radius 2 is 2.05 bits per heavy atom. The number of hydrogen-bond acceptors (Lipinski definition) is 2. The van der Waals surface area contributed by atoms with Crippen molar-refractivity contribution in [2.75, 3.05) is 26.7 Å². The Kier molecular flexibility index (Phi) is 4.87. The molecule has 0 saturated carbocycles. The maximum atomic E-state index is 3.52. The van der Waals surface area contributed by atoms with Crippen molar-refractivity contribution in [3.63, 3.8) is 0 Å². The SMILES string of the molecule is CNC(CN1CCCC(C)(C)C1)c1cc(C)ccc1C. The normalized spacial score (nSPS) is 20.9. The quantitative estimate of drug-likeness (QED) is 0.901. The lowest BCUT2D eigenvalue weighted by atomic mass is 9.84. The van der Waals surface area contributed by atoms with Gasteiger partial charge in [-0.2, -0.15) is 0 Å². The first kappa shape index (κ1) is 15.5. The Bertz CT molecular complexity index is 451. The van der Waals surface area contributed by atoms with Crippen molar-refractivity contribution in [2.45, 2.75) is 46.6 Å². The Labute approximate surface area is 124 Å². The molecular weight excluding hydrogens is 244 g/mol. The lowest BCUT2D eigenvalue weighted by Crippen LogP contribution is -2.43. The van der Waals surface area contributed by atoms with E-state index in [1.165, 1.54) is 42.6 Å². The van der Waals surface area contributed by atoms with Crippen LogP contribution in [0.3, 0.4) is 0 Å². The third kappa shape index (κ3) is 3.83. The minimum absolute atomic E-state index is 0.434. The van der Waals surface area contributed by atoms with E-state index in [0.717, 1.165) is 6.54 Å². The van der Waals surface area contributed by atoms with E-state index < -0.39 is 0 Å². The Hall–Kier alpha value is -0.860. The van der Waals surface area contributed by atoms with E-state index in [-0.39, 0.29) is 0 Å². The van der Waals surface area contributed by atoms with Crippen LogP contribution in [0.25, 0.3) is 0 Å². The molecule has 0 aromatic heterocycles. The number of piperidine rings is 1. The Morgan fingerprint density at radius 3 is 2.70 bits per heavy atom. The smallest absolute Gasteiger partial charge is 0.0449 e. The van der Waals surface area contributed by atoms with E-state index in [9.17, 15) is 0 Å². The van der Waals surface area contributed by atoms with Crippen molar-refractivity contribution in [2.24, 2.45) is 5.41 Å². The van der Waals surface area contributed by atoms with Crippen molar-refractivity contribution < 1.29 is 0 Å². The minimum Gasteiger partial charge on any atom is -0.312 e. The van der Waals surface area contributed by atoms with Gasteiger partial charge in [0.1, 0.15) is 0 Å². The minimum atomic E-state index is 0.434. The molecule has 20 heavy (non-hydrogen) atoms. The fraction of sp³-hybridized carbons (Fsp3) is 0.667. The van der Waals surface area contributed by atoms with E-state index in [4.69, 9.17) is 0 Å². The summed E-state index contributed by atoms with van der Waals surface area (Å²) in [6.07, 6.45) is 2.69. The monoisotopic (exact) mass is 274 g/mol. The lowest BCUT2D eigenvalue weighted by molar-refractivity contribution is 0.108. The molecule has 1 saturated heterocycles. The maximum absolute atomic E-state index is 3.52. The van der Waals surface area contributed by atoms with Gasteiger partial charge < -0.3 is 10.2 Å². The van der Waals surface area contributed by atoms with Gasteiger partial charge in [-0.05, 0) is 56.8 Å². The van der Waals surface area contributed by atoms with Crippen LogP contribution >= 0.6 is 0 Å². The van der Waals surface area contributed by atoms with Gasteiger partial charge in [-0.15, -0.1) is 0 Å². The lowest BCUT2D eigenvalue weighted by Gasteiger charge is -2.39. The average molecular weight is 274 g/mol. The molecule has 1 N–H and O–H groups in total. The van der Waals surface area contributed by atoms with E-state index in [1.54, 1.807) is 0 Å². The van der Waals surface area contributed by atoms with Gasteiger partial charge in [-0.1, -0.05) is 37.6 Å². The second-order valence-corrected chi connectivity index (χ2v) is 7.20. The topological polar surface area (TPSA) is 15.3 Å². The van der Waals surface area contributed by atoms with Crippen LogP contribution in [-0.2, 0) is 0 Å². The molecule has 1 aliphatic heterocycles. The predicted molar refractivity (Wildman–Crippen MR) is 87.2 cm³/mol. The first-order valence-corrected chi connectivity index (χ1v) is 7.88. The summed E-state index contributed by atoms with van der Waals surface area (Å²) in [5.74, 6) is 0. The van der Waals surface area contributed by atoms with Crippen molar-refractivity contribution in [3.05, 3.63) is 34.9 Å². The molecule has 1 aromatic carbocycles. The van der Waals surface area contributed by atoms with Crippen LogP contribution in [0.1, 0.15) is 49.4 Å². The number of nitrogens with one attached hydrogen (secondary N) is 1. The van der Waals surface area contributed by atoms with E-state index in [2.05, 4.69) is 63.2 Å². The highest BCUT2D eigenvalue weighted by Gasteiger charge is 2.27. The molecular formula is C18H30N2. The van der Waals surface area contributed by atoms with Crippen molar-refractivity contribution in [1.29, 1.82) is 0 Å². The van der Waals surface area contributed by atoms with Gasteiger partial charge in [-0.25, -0.2) is 0 Å². The zero-order chi connectivity index (χ0) is 14.8. The number of hydrogen-bond donors (Lipinski definition) is 1. The molecule has 1 unspecified atom stereocenters. The molecule has 2 heteroatoms. The van der Waals surface area contributed by atoms with Crippen LogP contribution in [-0.4, -0.2) is 31.6 Å². The van der Waals surface area contributed by atoms with Crippen molar-refractivity contribution >= 4 is 0 Å². The highest BCUT2D eigenvalue weighted by atomic mass is 15.2. The third-order valence-electron chi connectivity index (χ3n) is 4.58. The summed E-state index contributed by atoms with van der Waals surface area (Å²) >= 11 is 0. The number of benzene rings is 1. The molecule has 0 amide bonds. The summed E-state index contributed by atoms with van der Waals surface area (Å²) in [4.78, 5) is 2.63. The van der Waals surface area contributed by atoms with Crippen LogP contribution in [0.2, 0.25) is 0 Å². The van der Waals surface area contributed by atoms with Gasteiger partial charge in [0.2, 0.25) is 0 Å². The molecule has 1 heterocycles. The van der Waals surface area contributed by atoms with Gasteiger partial charge in [0, 0.05) is 19.1 Å². The summed E-state index contributed by atoms with van der Waals surface area (Å²) in [6, 6.07) is 7.22. The first-order valence-electron chi connectivity index (χ1n) is 7.88. The molecule has 0 spiro atoms. The van der Waals surface area contributed by atoms with E-state index in [0.29, 0.717) is 11.5 Å². The predicted octanol–water partition coefficient (Wildman–Crippen LogP) is 3.69. The Balaban J connectivity index is 2.10. The highest BCUT2D eigenvalue weighted by Crippen LogP contribution is 2.30. The molecule has 0 radical (unpaired) electrons. The van der Waals surface area contributed by atoms with Gasteiger partial charge in [0.15, 0.2) is 0 Å². The third-order valence-corrected chi connectivity index (χ3v) is 4.58. The second-order valence-electron chi connectivity index (χ2n) is 7.20. The molecule has 1 atom stereocenters. The summed E-state index contributed by atoms with van der Waals surface area (Å²) in [7, 11) is 2.08. The van der Waals surface area contributed by atoms with Crippen molar-refractivity contribution in [1.82, 2.24) is 10.2 Å². The number of rotatable bonds is 4. The molecule has 2 nitrogen and oxygen atoms in total. The van der Waals surface area contributed by atoms with E-state index >= 15 is 0 Å². The Morgan fingerprint density at radius 1 is 1.30 bits per heavy atom. The first-order chi connectivity index (χ1) is 9.41. The van der Waals surface area contributed by atoms with Gasteiger partial charge >= 0.3 is 0 Å². The largest absolute Gasteiger partial charge is 0.312 e. The molecule has 1 aliphatic rings. The number of likely N-dealkylation sites (N-methyl/N-ethyl adjacent to an activating group) is 1. The van der Waals surface area contributed by atoms with E-state index in [1.807, 2.05) is 0 Å². The molecule has 112 valence electrons. The summed E-state index contributed by atoms with van der Waals surface area (Å²) in [5.41, 5.74) is 4.67. The number of likely N-dealkylation sites (tertiary alicyclic amines) is 1. The summed E-state index contributed by atoms with van der Waals surface area (Å²) in [6.45, 7) is 12.8. The fourth-order valence-corrected chi connectivity index (χ4v) is 3.44. The maximum Gasteiger partial charge on any atom is 0.0449 e. The van der Waals surface area contributed by atoms with Crippen LogP contribution in [0.5, 0.6) is 0 Å². The zero-order valence-corrected chi connectivity index (χ0v) is 13.8.